The van der Waals surface area contributed by atoms with Gasteiger partial charge in [0.1, 0.15) is 0 Å². The maximum absolute atomic E-state index is 13.8. The first-order valence-electron chi connectivity index (χ1n) is 10.2. The molecule has 0 aliphatic rings. The van der Waals surface area contributed by atoms with E-state index in [-0.39, 0.29) is 5.78 Å². The van der Waals surface area contributed by atoms with Crippen LogP contribution < -0.4 is 9.47 Å². The quantitative estimate of drug-likeness (QED) is 0.401. The van der Waals surface area contributed by atoms with Gasteiger partial charge in [-0.05, 0) is 24.7 Å². The van der Waals surface area contributed by atoms with Crippen LogP contribution in [0, 0.1) is 0 Å². The number of nitrogens with zero attached hydrogens (tertiary/aromatic N) is 1. The molecule has 1 aromatic heterocycles. The highest BCUT2D eigenvalue weighted by atomic mass is 16.5. The molecule has 0 fully saturated rings. The van der Waals surface area contributed by atoms with Gasteiger partial charge < -0.3 is 14.5 Å². The minimum atomic E-state index is -0.448. The molecule has 0 amide bonds. The number of hydrogen-bond donors (Lipinski definition) is 1. The van der Waals surface area contributed by atoms with Gasteiger partial charge in [0, 0.05) is 34.8 Å². The van der Waals surface area contributed by atoms with Gasteiger partial charge in [0.05, 0.1) is 20.3 Å². The third-order valence-electron chi connectivity index (χ3n) is 5.56. The molecule has 1 atom stereocenters. The Labute approximate surface area is 182 Å². The molecule has 0 unspecified atom stereocenters. The molecule has 4 rings (SSSR count). The molecular weight excluding hydrogens is 388 g/mol. The largest absolute Gasteiger partial charge is 0.493 e. The fraction of sp³-hybridized carbons (Fsp3) is 0.192. The number of benzene rings is 3. The number of rotatable bonds is 8. The molecule has 1 N–H and O–H groups in total. The summed E-state index contributed by atoms with van der Waals surface area (Å²) in [5.41, 5.74) is 3.54. The zero-order valence-corrected chi connectivity index (χ0v) is 18.0. The van der Waals surface area contributed by atoms with Crippen LogP contribution >= 0.6 is 0 Å². The average Bonchev–Trinajstić information content (AvgIpc) is 3.24. The number of carbonyl (C=O) groups excluding carboxylic acids is 1. The van der Waals surface area contributed by atoms with E-state index < -0.39 is 6.04 Å². The van der Waals surface area contributed by atoms with Crippen molar-refractivity contribution in [3.8, 4) is 11.5 Å². The van der Waals surface area contributed by atoms with Crippen LogP contribution in [0.2, 0.25) is 0 Å². The van der Waals surface area contributed by atoms with Gasteiger partial charge in [-0.3, -0.25) is 9.69 Å². The molecule has 0 saturated heterocycles. The highest BCUT2D eigenvalue weighted by Gasteiger charge is 2.29. The van der Waals surface area contributed by atoms with E-state index in [1.54, 1.807) is 14.2 Å². The molecule has 5 nitrogen and oxygen atoms in total. The molecule has 0 spiro atoms. The van der Waals surface area contributed by atoms with Gasteiger partial charge in [0.25, 0.3) is 0 Å². The summed E-state index contributed by atoms with van der Waals surface area (Å²) >= 11 is 0. The number of Topliss-reactive ketones (excluding diaryl/α,β-unsaturated/α-hetero) is 1. The van der Waals surface area contributed by atoms with Crippen molar-refractivity contribution in [3.05, 3.63) is 95.7 Å². The molecule has 0 aliphatic carbocycles. The maximum atomic E-state index is 13.8. The second kappa shape index (κ2) is 9.06. The molecule has 31 heavy (non-hydrogen) atoms. The Morgan fingerprint density at radius 1 is 0.935 bits per heavy atom. The SMILES string of the molecule is COc1cccc(CN(C)[C@@H](C(=O)c2c[nH]c3ccccc23)c2ccccc2)c1OC. The summed E-state index contributed by atoms with van der Waals surface area (Å²) in [4.78, 5) is 19.1. The second-order valence-corrected chi connectivity index (χ2v) is 7.49. The molecule has 4 aromatic rings. The summed E-state index contributed by atoms with van der Waals surface area (Å²) in [5, 5.41) is 0.931. The normalized spacial score (nSPS) is 12.1. The molecular formula is C26H26N2O3. The van der Waals surface area contributed by atoms with E-state index >= 15 is 0 Å². The lowest BCUT2D eigenvalue weighted by Crippen LogP contribution is -2.31. The number of H-pyrrole nitrogens is 1. The van der Waals surface area contributed by atoms with Gasteiger partial charge in [-0.1, -0.05) is 60.7 Å². The highest BCUT2D eigenvalue weighted by Crippen LogP contribution is 2.34. The Hall–Kier alpha value is -3.57. The predicted molar refractivity (Wildman–Crippen MR) is 123 cm³/mol. The van der Waals surface area contributed by atoms with E-state index in [0.29, 0.717) is 23.6 Å². The lowest BCUT2D eigenvalue weighted by Gasteiger charge is -2.28. The molecule has 0 radical (unpaired) electrons. The van der Waals surface area contributed by atoms with Gasteiger partial charge in [0.2, 0.25) is 0 Å². The van der Waals surface area contributed by atoms with E-state index in [9.17, 15) is 4.79 Å². The monoisotopic (exact) mass is 414 g/mol. The number of likely N-dealkylation sites (N-methyl/N-ethyl adjacent to an activating group) is 1. The van der Waals surface area contributed by atoms with Crippen molar-refractivity contribution in [2.75, 3.05) is 21.3 Å². The van der Waals surface area contributed by atoms with Crippen LogP contribution in [0.25, 0.3) is 10.9 Å². The summed E-state index contributed by atoms with van der Waals surface area (Å²) < 4.78 is 11.0. The Morgan fingerprint density at radius 2 is 1.68 bits per heavy atom. The van der Waals surface area contributed by atoms with Crippen molar-refractivity contribution < 1.29 is 14.3 Å². The summed E-state index contributed by atoms with van der Waals surface area (Å²) in [6.45, 7) is 0.522. The fourth-order valence-electron chi connectivity index (χ4n) is 4.10. The van der Waals surface area contributed by atoms with Crippen molar-refractivity contribution in [2.45, 2.75) is 12.6 Å². The summed E-state index contributed by atoms with van der Waals surface area (Å²) in [7, 11) is 5.22. The van der Waals surface area contributed by atoms with Crippen LogP contribution in [0.5, 0.6) is 11.5 Å². The minimum absolute atomic E-state index is 0.0491. The van der Waals surface area contributed by atoms with E-state index in [1.807, 2.05) is 86.0 Å². The summed E-state index contributed by atoms with van der Waals surface area (Å²) in [6.07, 6.45) is 1.81. The molecule has 0 aliphatic heterocycles. The molecule has 3 aromatic carbocycles. The topological polar surface area (TPSA) is 54.6 Å². The molecule has 158 valence electrons. The highest BCUT2D eigenvalue weighted by molar-refractivity contribution is 6.10. The van der Waals surface area contributed by atoms with Gasteiger partial charge >= 0.3 is 0 Å². The van der Waals surface area contributed by atoms with Crippen LogP contribution in [-0.2, 0) is 6.54 Å². The van der Waals surface area contributed by atoms with E-state index in [2.05, 4.69) is 9.88 Å². The van der Waals surface area contributed by atoms with Crippen molar-refractivity contribution in [3.63, 3.8) is 0 Å². The molecule has 5 heteroatoms. The number of ether oxygens (including phenoxy) is 2. The molecule has 1 heterocycles. The van der Waals surface area contributed by atoms with Crippen molar-refractivity contribution in [1.82, 2.24) is 9.88 Å². The Bertz CT molecular complexity index is 1180. The number of aromatic amines is 1. The number of carbonyl (C=O) groups is 1. The number of nitrogens with one attached hydrogen (secondary N) is 1. The number of hydrogen-bond acceptors (Lipinski definition) is 4. The smallest absolute Gasteiger partial charge is 0.186 e. The van der Waals surface area contributed by atoms with Gasteiger partial charge in [0.15, 0.2) is 17.3 Å². The van der Waals surface area contributed by atoms with Crippen LogP contribution in [0.3, 0.4) is 0 Å². The average molecular weight is 415 g/mol. The van der Waals surface area contributed by atoms with Gasteiger partial charge in [-0.2, -0.15) is 0 Å². The first kappa shape index (κ1) is 20.7. The van der Waals surface area contributed by atoms with Crippen molar-refractivity contribution >= 4 is 16.7 Å². The zero-order chi connectivity index (χ0) is 21.8. The van der Waals surface area contributed by atoms with Gasteiger partial charge in [-0.25, -0.2) is 0 Å². The number of methoxy groups -OCH3 is 2. The van der Waals surface area contributed by atoms with E-state index in [0.717, 1.165) is 22.0 Å². The van der Waals surface area contributed by atoms with Crippen molar-refractivity contribution in [2.24, 2.45) is 0 Å². The number of para-hydroxylation sites is 2. The molecule has 0 saturated carbocycles. The van der Waals surface area contributed by atoms with Crippen LogP contribution in [0.1, 0.15) is 27.5 Å². The predicted octanol–water partition coefficient (Wildman–Crippen LogP) is 5.24. The Balaban J connectivity index is 1.73. The first-order chi connectivity index (χ1) is 15.1. The summed E-state index contributed by atoms with van der Waals surface area (Å²) in [6, 6.07) is 23.1. The number of fused-ring (bicyclic) bond motifs is 1. The Kier molecular flexibility index (Phi) is 6.05. The van der Waals surface area contributed by atoms with E-state index in [1.165, 1.54) is 0 Å². The third kappa shape index (κ3) is 4.05. The number of ketones is 1. The van der Waals surface area contributed by atoms with Crippen LogP contribution in [-0.4, -0.2) is 36.9 Å². The first-order valence-corrected chi connectivity index (χ1v) is 10.2. The minimum Gasteiger partial charge on any atom is -0.493 e. The lowest BCUT2D eigenvalue weighted by molar-refractivity contribution is 0.0844. The van der Waals surface area contributed by atoms with E-state index in [4.69, 9.17) is 9.47 Å². The number of aromatic nitrogens is 1. The van der Waals surface area contributed by atoms with Crippen LogP contribution in [0.15, 0.2) is 79.0 Å². The lowest BCUT2D eigenvalue weighted by atomic mass is 9.95. The third-order valence-corrected chi connectivity index (χ3v) is 5.56. The van der Waals surface area contributed by atoms with Crippen LogP contribution in [0.4, 0.5) is 0 Å². The fourth-order valence-corrected chi connectivity index (χ4v) is 4.10. The zero-order valence-electron chi connectivity index (χ0n) is 18.0. The Morgan fingerprint density at radius 3 is 2.42 bits per heavy atom. The summed E-state index contributed by atoms with van der Waals surface area (Å²) in [5.74, 6) is 1.41. The maximum Gasteiger partial charge on any atom is 0.186 e. The molecule has 0 bridgehead atoms. The second-order valence-electron chi connectivity index (χ2n) is 7.49. The van der Waals surface area contributed by atoms with Crippen molar-refractivity contribution in [1.29, 1.82) is 0 Å². The van der Waals surface area contributed by atoms with Gasteiger partial charge in [-0.15, -0.1) is 0 Å². The standard InChI is InChI=1S/C26H26N2O3/c1-28(17-19-12-9-15-23(30-2)26(19)31-3)24(18-10-5-4-6-11-18)25(29)21-16-27-22-14-8-7-13-20(21)22/h4-16,24,27H,17H2,1-3H3/t24-/m1/s1.